The van der Waals surface area contributed by atoms with Crippen molar-refractivity contribution in [1.82, 2.24) is 9.38 Å². The molecule has 0 saturated carbocycles. The molecule has 0 aliphatic heterocycles. The summed E-state index contributed by atoms with van der Waals surface area (Å²) in [4.78, 5) is 4.43. The number of imidazole rings is 1. The van der Waals surface area contributed by atoms with Crippen molar-refractivity contribution in [2.75, 3.05) is 0 Å². The molecule has 2 N–H and O–H groups in total. The van der Waals surface area contributed by atoms with Crippen LogP contribution in [0.15, 0.2) is 24.5 Å². The third-order valence-electron chi connectivity index (χ3n) is 2.49. The quantitative estimate of drug-likeness (QED) is 0.829. The Hall–Kier alpha value is -1.35. The summed E-state index contributed by atoms with van der Waals surface area (Å²) in [6.45, 7) is 4.98. The lowest BCUT2D eigenvalue weighted by Gasteiger charge is -2.05. The van der Waals surface area contributed by atoms with Crippen molar-refractivity contribution in [1.29, 1.82) is 0 Å². The summed E-state index contributed by atoms with van der Waals surface area (Å²) in [5.74, 6) is 1.74. The van der Waals surface area contributed by atoms with Crippen molar-refractivity contribution in [2.24, 2.45) is 11.7 Å². The molecule has 2 aromatic rings. The van der Waals surface area contributed by atoms with Gasteiger partial charge in [0.05, 0.1) is 11.7 Å². The highest BCUT2D eigenvalue weighted by Gasteiger charge is 2.05. The van der Waals surface area contributed by atoms with Gasteiger partial charge >= 0.3 is 0 Å². The van der Waals surface area contributed by atoms with Crippen molar-refractivity contribution in [3.8, 4) is 0 Å². The van der Waals surface area contributed by atoms with Gasteiger partial charge in [0.1, 0.15) is 5.82 Å². The van der Waals surface area contributed by atoms with Crippen molar-refractivity contribution >= 4 is 5.52 Å². The maximum Gasteiger partial charge on any atom is 0.113 e. The highest BCUT2D eigenvalue weighted by molar-refractivity contribution is 5.47. The first-order valence-corrected chi connectivity index (χ1v) is 5.35. The molecule has 0 saturated heterocycles. The molecule has 2 aromatic heterocycles. The van der Waals surface area contributed by atoms with Gasteiger partial charge in [0.25, 0.3) is 0 Å². The molecule has 15 heavy (non-hydrogen) atoms. The molecule has 0 aliphatic rings. The van der Waals surface area contributed by atoms with Crippen LogP contribution in [0.4, 0.5) is 0 Å². The SMILES string of the molecule is CC(C)Cc1ncc2ccc(CN)cn12. The van der Waals surface area contributed by atoms with Gasteiger partial charge in [-0.15, -0.1) is 0 Å². The Kier molecular flexibility index (Phi) is 2.73. The third kappa shape index (κ3) is 2.02. The van der Waals surface area contributed by atoms with Gasteiger partial charge in [0.2, 0.25) is 0 Å². The zero-order chi connectivity index (χ0) is 10.8. The van der Waals surface area contributed by atoms with Gasteiger partial charge < -0.3 is 10.1 Å². The van der Waals surface area contributed by atoms with E-state index >= 15 is 0 Å². The topological polar surface area (TPSA) is 43.3 Å². The average Bonchev–Trinajstić information content (AvgIpc) is 2.60. The number of hydrogen-bond donors (Lipinski definition) is 1. The van der Waals surface area contributed by atoms with Gasteiger partial charge in [-0.2, -0.15) is 0 Å². The standard InChI is InChI=1S/C12H17N3/c1-9(2)5-12-14-7-11-4-3-10(6-13)8-15(11)12/h3-4,7-9H,5-6,13H2,1-2H3. The first kappa shape index (κ1) is 10.2. The minimum absolute atomic E-state index is 0.579. The highest BCUT2D eigenvalue weighted by atomic mass is 15.0. The van der Waals surface area contributed by atoms with Crippen LogP contribution in [-0.4, -0.2) is 9.38 Å². The number of nitrogens with two attached hydrogens (primary N) is 1. The van der Waals surface area contributed by atoms with Crippen LogP contribution >= 0.6 is 0 Å². The van der Waals surface area contributed by atoms with E-state index in [0.29, 0.717) is 12.5 Å². The smallest absolute Gasteiger partial charge is 0.113 e. The van der Waals surface area contributed by atoms with E-state index in [1.54, 1.807) is 0 Å². The monoisotopic (exact) mass is 203 g/mol. The van der Waals surface area contributed by atoms with Crippen molar-refractivity contribution in [3.63, 3.8) is 0 Å². The van der Waals surface area contributed by atoms with Crippen molar-refractivity contribution in [3.05, 3.63) is 35.9 Å². The van der Waals surface area contributed by atoms with E-state index in [1.165, 1.54) is 0 Å². The number of pyridine rings is 1. The Bertz CT molecular complexity index is 457. The zero-order valence-electron chi connectivity index (χ0n) is 9.27. The van der Waals surface area contributed by atoms with Crippen LogP contribution in [0.3, 0.4) is 0 Å². The van der Waals surface area contributed by atoms with Crippen LogP contribution in [0.5, 0.6) is 0 Å². The minimum atomic E-state index is 0.579. The maximum absolute atomic E-state index is 5.63. The van der Waals surface area contributed by atoms with Gasteiger partial charge in [-0.1, -0.05) is 19.9 Å². The van der Waals surface area contributed by atoms with Crippen LogP contribution in [0, 0.1) is 5.92 Å². The molecule has 0 fully saturated rings. The van der Waals surface area contributed by atoms with Crippen molar-refractivity contribution in [2.45, 2.75) is 26.8 Å². The molecule has 0 bridgehead atoms. The molecule has 80 valence electrons. The van der Waals surface area contributed by atoms with Crippen LogP contribution in [0.1, 0.15) is 25.2 Å². The molecule has 3 nitrogen and oxygen atoms in total. The fourth-order valence-electron chi connectivity index (χ4n) is 1.72. The van der Waals surface area contributed by atoms with Gasteiger partial charge in [0, 0.05) is 19.2 Å². The largest absolute Gasteiger partial charge is 0.326 e. The number of fused-ring (bicyclic) bond motifs is 1. The van der Waals surface area contributed by atoms with Crippen LogP contribution < -0.4 is 5.73 Å². The molecular formula is C12H17N3. The van der Waals surface area contributed by atoms with Gasteiger partial charge in [-0.3, -0.25) is 0 Å². The first-order valence-electron chi connectivity index (χ1n) is 5.35. The molecular weight excluding hydrogens is 186 g/mol. The lowest BCUT2D eigenvalue weighted by Crippen LogP contribution is -2.03. The minimum Gasteiger partial charge on any atom is -0.326 e. The predicted octanol–water partition coefficient (Wildman–Crippen LogP) is 1.99. The van der Waals surface area contributed by atoms with Crippen LogP contribution in [0.25, 0.3) is 5.52 Å². The fraction of sp³-hybridized carbons (Fsp3) is 0.417. The second kappa shape index (κ2) is 4.03. The molecule has 0 unspecified atom stereocenters. The molecule has 0 atom stereocenters. The molecule has 0 aliphatic carbocycles. The fourth-order valence-corrected chi connectivity index (χ4v) is 1.72. The molecule has 3 heteroatoms. The molecule has 0 spiro atoms. The summed E-state index contributed by atoms with van der Waals surface area (Å²) in [5, 5.41) is 0. The van der Waals surface area contributed by atoms with Crippen molar-refractivity contribution < 1.29 is 0 Å². The third-order valence-corrected chi connectivity index (χ3v) is 2.49. The molecule has 0 aromatic carbocycles. The molecule has 2 heterocycles. The number of hydrogen-bond acceptors (Lipinski definition) is 2. The summed E-state index contributed by atoms with van der Waals surface area (Å²) >= 11 is 0. The second-order valence-corrected chi connectivity index (χ2v) is 4.31. The normalized spacial score (nSPS) is 11.5. The van der Waals surface area contributed by atoms with E-state index in [0.717, 1.165) is 23.3 Å². The average molecular weight is 203 g/mol. The summed E-state index contributed by atoms with van der Waals surface area (Å²) in [7, 11) is 0. The Balaban J connectivity index is 2.46. The number of aromatic nitrogens is 2. The Morgan fingerprint density at radius 1 is 1.40 bits per heavy atom. The van der Waals surface area contributed by atoms with E-state index in [4.69, 9.17) is 5.73 Å². The number of nitrogens with zero attached hydrogens (tertiary/aromatic N) is 2. The lowest BCUT2D eigenvalue weighted by molar-refractivity contribution is 0.619. The molecule has 2 rings (SSSR count). The Morgan fingerprint density at radius 3 is 2.87 bits per heavy atom. The lowest BCUT2D eigenvalue weighted by atomic mass is 10.1. The Labute approximate surface area is 89.9 Å². The Morgan fingerprint density at radius 2 is 2.20 bits per heavy atom. The summed E-state index contributed by atoms with van der Waals surface area (Å²) < 4.78 is 2.14. The van der Waals surface area contributed by atoms with E-state index in [-0.39, 0.29) is 0 Å². The molecule has 0 amide bonds. The predicted molar refractivity (Wildman–Crippen MR) is 61.6 cm³/mol. The van der Waals surface area contributed by atoms with Gasteiger partial charge in [0.15, 0.2) is 0 Å². The highest BCUT2D eigenvalue weighted by Crippen LogP contribution is 2.12. The maximum atomic E-state index is 5.63. The number of rotatable bonds is 3. The zero-order valence-corrected chi connectivity index (χ0v) is 9.27. The first-order chi connectivity index (χ1) is 7.20. The van der Waals surface area contributed by atoms with Gasteiger partial charge in [-0.05, 0) is 17.5 Å². The molecule has 0 radical (unpaired) electrons. The second-order valence-electron chi connectivity index (χ2n) is 4.31. The van der Waals surface area contributed by atoms with Crippen LogP contribution in [-0.2, 0) is 13.0 Å². The summed E-state index contributed by atoms with van der Waals surface area (Å²) in [6.07, 6.45) is 5.00. The van der Waals surface area contributed by atoms with Gasteiger partial charge in [-0.25, -0.2) is 4.98 Å². The van der Waals surface area contributed by atoms with E-state index in [2.05, 4.69) is 41.6 Å². The van der Waals surface area contributed by atoms with E-state index in [1.807, 2.05) is 6.20 Å². The van der Waals surface area contributed by atoms with E-state index in [9.17, 15) is 0 Å². The van der Waals surface area contributed by atoms with Crippen LogP contribution in [0.2, 0.25) is 0 Å². The van der Waals surface area contributed by atoms with E-state index < -0.39 is 0 Å². The summed E-state index contributed by atoms with van der Waals surface area (Å²) in [6, 6.07) is 4.12. The summed E-state index contributed by atoms with van der Waals surface area (Å²) in [5.41, 5.74) is 7.91.